The van der Waals surface area contributed by atoms with Gasteiger partial charge in [0.2, 0.25) is 0 Å². The van der Waals surface area contributed by atoms with Gasteiger partial charge in [0.15, 0.2) is 0 Å². The van der Waals surface area contributed by atoms with Crippen LogP contribution in [0.4, 0.5) is 0 Å². The van der Waals surface area contributed by atoms with Gasteiger partial charge in [-0.15, -0.1) is 0 Å². The van der Waals surface area contributed by atoms with Gasteiger partial charge in [0.1, 0.15) is 4.32 Å². The standard InChI is InChI=1S/C12H19NO2S2/c1-7(11(14)15)6-17-12(16)13-10-5-8-2-3-9(10)4-8/h7-10H,2-6H2,1H3,(H,13,16)(H,14,15). The van der Waals surface area contributed by atoms with Crippen molar-refractivity contribution in [2.45, 2.75) is 38.6 Å². The highest BCUT2D eigenvalue weighted by atomic mass is 32.2. The Balaban J connectivity index is 1.69. The van der Waals surface area contributed by atoms with E-state index in [0.717, 1.165) is 16.2 Å². The summed E-state index contributed by atoms with van der Waals surface area (Å²) in [4.78, 5) is 10.7. The van der Waals surface area contributed by atoms with E-state index in [1.165, 1.54) is 37.4 Å². The first kappa shape index (κ1) is 13.1. The minimum absolute atomic E-state index is 0.334. The molecule has 5 heteroatoms. The average Bonchev–Trinajstić information content (AvgIpc) is 2.87. The molecule has 2 aliphatic rings. The molecule has 2 bridgehead atoms. The SMILES string of the molecule is CC(CSC(=S)NC1CC2CCC1C2)C(=O)O. The molecular formula is C12H19NO2S2. The summed E-state index contributed by atoms with van der Waals surface area (Å²) in [5.41, 5.74) is 0. The van der Waals surface area contributed by atoms with Crippen LogP contribution in [-0.2, 0) is 4.79 Å². The Labute approximate surface area is 112 Å². The fourth-order valence-electron chi connectivity index (χ4n) is 2.89. The van der Waals surface area contributed by atoms with Crippen LogP contribution in [0.15, 0.2) is 0 Å². The fourth-order valence-corrected chi connectivity index (χ4v) is 4.02. The lowest BCUT2D eigenvalue weighted by Crippen LogP contribution is -2.36. The van der Waals surface area contributed by atoms with Crippen LogP contribution in [0, 0.1) is 17.8 Å². The van der Waals surface area contributed by atoms with Crippen molar-refractivity contribution in [3.05, 3.63) is 0 Å². The van der Waals surface area contributed by atoms with Crippen LogP contribution in [0.1, 0.15) is 32.6 Å². The Morgan fingerprint density at radius 3 is 2.82 bits per heavy atom. The minimum Gasteiger partial charge on any atom is -0.481 e. The molecule has 0 radical (unpaired) electrons. The van der Waals surface area contributed by atoms with Gasteiger partial charge in [0, 0.05) is 11.8 Å². The third kappa shape index (κ3) is 3.35. The highest BCUT2D eigenvalue weighted by molar-refractivity contribution is 8.22. The second-order valence-electron chi connectivity index (χ2n) is 5.26. The van der Waals surface area contributed by atoms with E-state index in [-0.39, 0.29) is 5.92 Å². The van der Waals surface area contributed by atoms with Crippen molar-refractivity contribution in [3.8, 4) is 0 Å². The molecule has 0 aromatic carbocycles. The molecule has 4 unspecified atom stereocenters. The van der Waals surface area contributed by atoms with Crippen molar-refractivity contribution in [1.29, 1.82) is 0 Å². The quantitative estimate of drug-likeness (QED) is 0.771. The van der Waals surface area contributed by atoms with E-state index in [2.05, 4.69) is 5.32 Å². The topological polar surface area (TPSA) is 49.3 Å². The molecular weight excluding hydrogens is 254 g/mol. The molecule has 0 aromatic heterocycles. The zero-order valence-corrected chi connectivity index (χ0v) is 11.6. The molecule has 3 nitrogen and oxygen atoms in total. The Kier molecular flexibility index (Phi) is 4.31. The van der Waals surface area contributed by atoms with Gasteiger partial charge >= 0.3 is 5.97 Å². The second-order valence-corrected chi connectivity index (χ2v) is 6.96. The predicted molar refractivity (Wildman–Crippen MR) is 74.2 cm³/mol. The fraction of sp³-hybridized carbons (Fsp3) is 0.833. The van der Waals surface area contributed by atoms with Crippen LogP contribution in [0.3, 0.4) is 0 Å². The Morgan fingerprint density at radius 1 is 1.53 bits per heavy atom. The van der Waals surface area contributed by atoms with Crippen molar-refractivity contribution in [2.75, 3.05) is 5.75 Å². The van der Waals surface area contributed by atoms with E-state index in [0.29, 0.717) is 11.8 Å². The third-order valence-corrected chi connectivity index (χ3v) is 5.45. The molecule has 0 spiro atoms. The van der Waals surface area contributed by atoms with E-state index in [1.54, 1.807) is 6.92 Å². The van der Waals surface area contributed by atoms with Gasteiger partial charge < -0.3 is 10.4 Å². The van der Waals surface area contributed by atoms with Crippen molar-refractivity contribution < 1.29 is 9.90 Å². The van der Waals surface area contributed by atoms with Gasteiger partial charge in [-0.05, 0) is 31.1 Å². The first-order chi connectivity index (χ1) is 8.06. The molecule has 4 atom stereocenters. The zero-order chi connectivity index (χ0) is 12.4. The smallest absolute Gasteiger partial charge is 0.307 e. The average molecular weight is 273 g/mol. The van der Waals surface area contributed by atoms with Crippen molar-refractivity contribution in [2.24, 2.45) is 17.8 Å². The van der Waals surface area contributed by atoms with Gasteiger partial charge in [-0.2, -0.15) is 0 Å². The molecule has 0 saturated heterocycles. The number of aliphatic carboxylic acids is 1. The van der Waals surface area contributed by atoms with Crippen molar-refractivity contribution in [1.82, 2.24) is 5.32 Å². The Hall–Kier alpha value is -0.290. The maximum atomic E-state index is 10.7. The molecule has 0 amide bonds. The highest BCUT2D eigenvalue weighted by Crippen LogP contribution is 2.44. The summed E-state index contributed by atoms with van der Waals surface area (Å²) in [6.07, 6.45) is 5.33. The molecule has 17 heavy (non-hydrogen) atoms. The molecule has 2 fully saturated rings. The van der Waals surface area contributed by atoms with E-state index >= 15 is 0 Å². The van der Waals surface area contributed by atoms with Crippen LogP contribution in [0.5, 0.6) is 0 Å². The molecule has 96 valence electrons. The largest absolute Gasteiger partial charge is 0.481 e. The summed E-state index contributed by atoms with van der Waals surface area (Å²) in [5, 5.41) is 12.2. The molecule has 0 aromatic rings. The number of carboxylic acid groups (broad SMARTS) is 1. The highest BCUT2D eigenvalue weighted by Gasteiger charge is 2.39. The molecule has 2 saturated carbocycles. The lowest BCUT2D eigenvalue weighted by Gasteiger charge is -2.24. The third-order valence-electron chi connectivity index (χ3n) is 3.93. The number of rotatable bonds is 4. The van der Waals surface area contributed by atoms with Crippen molar-refractivity contribution in [3.63, 3.8) is 0 Å². The summed E-state index contributed by atoms with van der Waals surface area (Å²) >= 11 is 6.74. The Morgan fingerprint density at radius 2 is 2.29 bits per heavy atom. The van der Waals surface area contributed by atoms with Crippen LogP contribution < -0.4 is 5.32 Å². The number of thioether (sulfide) groups is 1. The normalized spacial score (nSPS) is 32.4. The van der Waals surface area contributed by atoms with Gasteiger partial charge in [-0.1, -0.05) is 37.3 Å². The van der Waals surface area contributed by atoms with Crippen LogP contribution >= 0.6 is 24.0 Å². The summed E-state index contributed by atoms with van der Waals surface area (Å²) in [5.74, 6) is 1.18. The zero-order valence-electron chi connectivity index (χ0n) is 10.0. The molecule has 2 rings (SSSR count). The number of fused-ring (bicyclic) bond motifs is 2. The number of thiocarbonyl (C=S) groups is 1. The first-order valence-electron chi connectivity index (χ1n) is 6.22. The minimum atomic E-state index is -0.750. The van der Waals surface area contributed by atoms with Gasteiger partial charge in [0.25, 0.3) is 0 Å². The lowest BCUT2D eigenvalue weighted by molar-refractivity contribution is -0.140. The van der Waals surface area contributed by atoms with Crippen LogP contribution in [0.2, 0.25) is 0 Å². The van der Waals surface area contributed by atoms with Gasteiger partial charge in [0.05, 0.1) is 5.92 Å². The molecule has 2 aliphatic carbocycles. The molecule has 0 heterocycles. The number of carboxylic acids is 1. The predicted octanol–water partition coefficient (Wildman–Crippen LogP) is 2.50. The van der Waals surface area contributed by atoms with E-state index < -0.39 is 5.97 Å². The van der Waals surface area contributed by atoms with Crippen LogP contribution in [0.25, 0.3) is 0 Å². The number of nitrogens with one attached hydrogen (secondary N) is 1. The number of hydrogen-bond donors (Lipinski definition) is 2. The van der Waals surface area contributed by atoms with E-state index in [9.17, 15) is 4.79 Å². The Bertz CT molecular complexity index is 322. The molecule has 0 aliphatic heterocycles. The van der Waals surface area contributed by atoms with Crippen LogP contribution in [-0.4, -0.2) is 27.2 Å². The number of carbonyl (C=O) groups is 1. The summed E-state index contributed by atoms with van der Waals surface area (Å²) in [7, 11) is 0. The van der Waals surface area contributed by atoms with Gasteiger partial charge in [-0.3, -0.25) is 4.79 Å². The van der Waals surface area contributed by atoms with Crippen molar-refractivity contribution >= 4 is 34.3 Å². The van der Waals surface area contributed by atoms with E-state index in [4.69, 9.17) is 17.3 Å². The summed E-state index contributed by atoms with van der Waals surface area (Å²) in [6, 6.07) is 0.550. The second kappa shape index (κ2) is 5.57. The monoisotopic (exact) mass is 273 g/mol. The van der Waals surface area contributed by atoms with Gasteiger partial charge in [-0.25, -0.2) is 0 Å². The lowest BCUT2D eigenvalue weighted by atomic mass is 9.96. The summed E-state index contributed by atoms with van der Waals surface area (Å²) < 4.78 is 0.774. The number of hydrogen-bond acceptors (Lipinski definition) is 3. The summed E-state index contributed by atoms with van der Waals surface area (Å²) in [6.45, 7) is 1.72. The maximum absolute atomic E-state index is 10.7. The molecule has 2 N–H and O–H groups in total. The first-order valence-corrected chi connectivity index (χ1v) is 7.61. The maximum Gasteiger partial charge on any atom is 0.307 e. The van der Waals surface area contributed by atoms with E-state index in [1.807, 2.05) is 0 Å².